The predicted octanol–water partition coefficient (Wildman–Crippen LogP) is 3.65. The molecule has 0 radical (unpaired) electrons. The van der Waals surface area contributed by atoms with E-state index in [1.54, 1.807) is 30.3 Å². The van der Waals surface area contributed by atoms with E-state index < -0.39 is 12.0 Å². The Bertz CT molecular complexity index is 870. The van der Waals surface area contributed by atoms with Crippen molar-refractivity contribution in [2.45, 2.75) is 6.92 Å². The fraction of sp³-hybridized carbons (Fsp3) is 0.211. The summed E-state index contributed by atoms with van der Waals surface area (Å²) in [6, 6.07) is 11.5. The second-order valence-electron chi connectivity index (χ2n) is 5.83. The molecule has 2 N–H and O–H groups in total. The van der Waals surface area contributed by atoms with E-state index in [9.17, 15) is 14.4 Å². The summed E-state index contributed by atoms with van der Waals surface area (Å²) in [6.45, 7) is 1.72. The third-order valence-corrected chi connectivity index (χ3v) is 4.26. The van der Waals surface area contributed by atoms with E-state index in [-0.39, 0.29) is 18.0 Å². The molecule has 0 aromatic heterocycles. The number of nitrogens with one attached hydrogen (secondary N) is 2. The van der Waals surface area contributed by atoms with E-state index in [4.69, 9.17) is 4.74 Å². The summed E-state index contributed by atoms with van der Waals surface area (Å²) in [4.78, 5) is 37.6. The van der Waals surface area contributed by atoms with E-state index in [0.717, 1.165) is 10.0 Å². The van der Waals surface area contributed by atoms with Crippen molar-refractivity contribution in [3.63, 3.8) is 0 Å². The first-order chi connectivity index (χ1) is 12.8. The van der Waals surface area contributed by atoms with Gasteiger partial charge in [0.05, 0.1) is 18.4 Å². The number of amides is 3. The van der Waals surface area contributed by atoms with Crippen LogP contribution in [-0.2, 0) is 9.53 Å². The standard InChI is InChI=1S/C19H20BrN3O4/c1-12-10-13(20)8-9-15(12)21-17(24)11-23(2)19(26)22-16-7-5-4-6-14(16)18(25)27-3/h4-10H,11H2,1-3H3,(H,21,24)(H,22,26). The fourth-order valence-electron chi connectivity index (χ4n) is 2.33. The Morgan fingerprint density at radius 3 is 2.44 bits per heavy atom. The van der Waals surface area contributed by atoms with Gasteiger partial charge >= 0.3 is 12.0 Å². The maximum Gasteiger partial charge on any atom is 0.339 e. The number of carbonyl (C=O) groups is 3. The summed E-state index contributed by atoms with van der Waals surface area (Å²) < 4.78 is 5.61. The highest BCUT2D eigenvalue weighted by molar-refractivity contribution is 9.10. The molecule has 2 aromatic rings. The van der Waals surface area contributed by atoms with Crippen LogP contribution in [-0.4, -0.2) is 43.5 Å². The number of carbonyl (C=O) groups excluding carboxylic acids is 3. The van der Waals surface area contributed by atoms with Gasteiger partial charge in [0.2, 0.25) is 5.91 Å². The van der Waals surface area contributed by atoms with E-state index in [1.807, 2.05) is 19.1 Å². The van der Waals surface area contributed by atoms with Gasteiger partial charge in [-0.25, -0.2) is 9.59 Å². The summed E-state index contributed by atoms with van der Waals surface area (Å²) in [5, 5.41) is 5.38. The lowest BCUT2D eigenvalue weighted by atomic mass is 10.2. The summed E-state index contributed by atoms with van der Waals surface area (Å²) >= 11 is 3.37. The van der Waals surface area contributed by atoms with Gasteiger partial charge < -0.3 is 20.3 Å². The van der Waals surface area contributed by atoms with Gasteiger partial charge in [-0.3, -0.25) is 4.79 Å². The zero-order valence-electron chi connectivity index (χ0n) is 15.2. The van der Waals surface area contributed by atoms with E-state index in [0.29, 0.717) is 11.4 Å². The van der Waals surface area contributed by atoms with Crippen LogP contribution in [0.5, 0.6) is 0 Å². The summed E-state index contributed by atoms with van der Waals surface area (Å²) in [7, 11) is 2.76. The zero-order chi connectivity index (χ0) is 20.0. The van der Waals surface area contributed by atoms with Crippen LogP contribution in [0.1, 0.15) is 15.9 Å². The van der Waals surface area contributed by atoms with Crippen LogP contribution in [0.25, 0.3) is 0 Å². The minimum absolute atomic E-state index is 0.151. The number of urea groups is 1. The van der Waals surface area contributed by atoms with E-state index >= 15 is 0 Å². The van der Waals surface area contributed by atoms with Crippen molar-refractivity contribution in [2.75, 3.05) is 31.3 Å². The van der Waals surface area contributed by atoms with Gasteiger partial charge in [0.1, 0.15) is 6.54 Å². The third kappa shape index (κ3) is 5.55. The van der Waals surface area contributed by atoms with Crippen molar-refractivity contribution < 1.29 is 19.1 Å². The first-order valence-corrected chi connectivity index (χ1v) is 8.86. The normalized spacial score (nSPS) is 10.1. The van der Waals surface area contributed by atoms with Gasteiger partial charge in [-0.1, -0.05) is 28.1 Å². The van der Waals surface area contributed by atoms with Crippen molar-refractivity contribution in [3.05, 3.63) is 58.1 Å². The molecule has 0 atom stereocenters. The largest absolute Gasteiger partial charge is 0.465 e. The Hall–Kier alpha value is -2.87. The van der Waals surface area contributed by atoms with Crippen molar-refractivity contribution >= 4 is 45.2 Å². The molecule has 0 bridgehead atoms. The van der Waals surface area contributed by atoms with Crippen LogP contribution in [0.15, 0.2) is 46.9 Å². The number of nitrogens with zero attached hydrogens (tertiary/aromatic N) is 1. The average molecular weight is 434 g/mol. The Kier molecular flexibility index (Phi) is 6.95. The van der Waals surface area contributed by atoms with Crippen molar-refractivity contribution in [3.8, 4) is 0 Å². The van der Waals surface area contributed by atoms with E-state index in [2.05, 4.69) is 26.6 Å². The third-order valence-electron chi connectivity index (χ3n) is 3.76. The number of hydrogen-bond acceptors (Lipinski definition) is 4. The molecule has 2 rings (SSSR count). The molecule has 0 saturated carbocycles. The molecule has 2 aromatic carbocycles. The molecule has 0 saturated heterocycles. The number of benzene rings is 2. The van der Waals surface area contributed by atoms with Crippen LogP contribution in [0.2, 0.25) is 0 Å². The Labute approximate surface area is 165 Å². The Morgan fingerprint density at radius 1 is 1.07 bits per heavy atom. The molecule has 0 spiro atoms. The van der Waals surface area contributed by atoms with Crippen LogP contribution in [0.3, 0.4) is 0 Å². The van der Waals surface area contributed by atoms with Gasteiger partial charge in [0.15, 0.2) is 0 Å². The van der Waals surface area contributed by atoms with Crippen LogP contribution < -0.4 is 10.6 Å². The Balaban J connectivity index is 1.99. The maximum atomic E-state index is 12.4. The van der Waals surface area contributed by atoms with Crippen molar-refractivity contribution in [2.24, 2.45) is 0 Å². The average Bonchev–Trinajstić information content (AvgIpc) is 2.63. The molecule has 0 fully saturated rings. The monoisotopic (exact) mass is 433 g/mol. The lowest BCUT2D eigenvalue weighted by molar-refractivity contribution is -0.116. The number of esters is 1. The van der Waals surface area contributed by atoms with Gasteiger partial charge in [-0.05, 0) is 42.8 Å². The first-order valence-electron chi connectivity index (χ1n) is 8.07. The molecule has 0 aliphatic carbocycles. The summed E-state index contributed by atoms with van der Waals surface area (Å²) in [5.41, 5.74) is 2.12. The number of hydrogen-bond donors (Lipinski definition) is 2. The molecule has 7 nitrogen and oxygen atoms in total. The molecule has 8 heteroatoms. The predicted molar refractivity (Wildman–Crippen MR) is 107 cm³/mol. The van der Waals surface area contributed by atoms with Crippen molar-refractivity contribution in [1.82, 2.24) is 4.90 Å². The lowest BCUT2D eigenvalue weighted by Gasteiger charge is -2.19. The molecule has 27 heavy (non-hydrogen) atoms. The van der Waals surface area contributed by atoms with Gasteiger partial charge in [-0.2, -0.15) is 0 Å². The summed E-state index contributed by atoms with van der Waals surface area (Å²) in [6.07, 6.45) is 0. The fourth-order valence-corrected chi connectivity index (χ4v) is 2.81. The Morgan fingerprint density at radius 2 is 1.78 bits per heavy atom. The smallest absolute Gasteiger partial charge is 0.339 e. The van der Waals surface area contributed by atoms with E-state index in [1.165, 1.54) is 19.1 Å². The number of aryl methyl sites for hydroxylation is 1. The molecule has 0 heterocycles. The SMILES string of the molecule is COC(=O)c1ccccc1NC(=O)N(C)CC(=O)Nc1ccc(Br)cc1C. The molecular weight excluding hydrogens is 414 g/mol. The summed E-state index contributed by atoms with van der Waals surface area (Å²) in [5.74, 6) is -0.892. The van der Waals surface area contributed by atoms with Gasteiger partial charge in [-0.15, -0.1) is 0 Å². The number of likely N-dealkylation sites (N-methyl/N-ethyl adjacent to an activating group) is 1. The first kappa shape index (κ1) is 20.4. The quantitative estimate of drug-likeness (QED) is 0.704. The number of halogens is 1. The second-order valence-corrected chi connectivity index (χ2v) is 6.75. The minimum atomic E-state index is -0.558. The van der Waals surface area contributed by atoms with Crippen LogP contribution in [0.4, 0.5) is 16.2 Å². The highest BCUT2D eigenvalue weighted by atomic mass is 79.9. The number of ether oxygens (including phenoxy) is 1. The van der Waals surface area contributed by atoms with Crippen molar-refractivity contribution in [1.29, 1.82) is 0 Å². The lowest BCUT2D eigenvalue weighted by Crippen LogP contribution is -2.38. The van der Waals surface area contributed by atoms with Gasteiger partial charge in [0, 0.05) is 17.2 Å². The minimum Gasteiger partial charge on any atom is -0.465 e. The molecule has 0 aliphatic heterocycles. The molecule has 142 valence electrons. The molecular formula is C19H20BrN3O4. The second kappa shape index (κ2) is 9.18. The van der Waals surface area contributed by atoms with Crippen LogP contribution in [0, 0.1) is 6.92 Å². The number of methoxy groups -OCH3 is 1. The molecule has 3 amide bonds. The highest BCUT2D eigenvalue weighted by Crippen LogP contribution is 2.20. The van der Waals surface area contributed by atoms with Gasteiger partial charge in [0.25, 0.3) is 0 Å². The molecule has 0 aliphatic rings. The zero-order valence-corrected chi connectivity index (χ0v) is 16.8. The van der Waals surface area contributed by atoms with Crippen LogP contribution >= 0.6 is 15.9 Å². The number of rotatable bonds is 5. The topological polar surface area (TPSA) is 87.7 Å². The molecule has 0 unspecified atom stereocenters. The number of anilines is 2. The number of para-hydroxylation sites is 1. The highest BCUT2D eigenvalue weighted by Gasteiger charge is 2.17. The maximum absolute atomic E-state index is 12.4.